The Labute approximate surface area is 161 Å². The molecule has 1 atom stereocenters. The van der Waals surface area contributed by atoms with E-state index in [9.17, 15) is 4.79 Å². The molecule has 1 aliphatic heterocycles. The summed E-state index contributed by atoms with van der Waals surface area (Å²) in [7, 11) is 0. The van der Waals surface area contributed by atoms with Crippen LogP contribution in [-0.2, 0) is 17.6 Å². The van der Waals surface area contributed by atoms with E-state index in [4.69, 9.17) is 14.7 Å². The highest BCUT2D eigenvalue weighted by atomic mass is 32.1. The van der Waals surface area contributed by atoms with Gasteiger partial charge in [0.25, 0.3) is 0 Å². The average Bonchev–Trinajstić information content (AvgIpc) is 3.34. The van der Waals surface area contributed by atoms with Crippen molar-refractivity contribution < 1.29 is 9.53 Å². The van der Waals surface area contributed by atoms with Crippen LogP contribution in [0.2, 0.25) is 0 Å². The standard InChI is InChI=1S/C19H21N5O2S/c1-3-26-18(25)16-17-23(10-20-16)9-14(27-17)15-12-5-4-6-13(12)21-19(22-15)24-8-7-11(24)2/h9-11H,3-8H2,1-2H3/t11-/m0/s1. The third kappa shape index (κ3) is 2.62. The molecule has 2 aliphatic rings. The van der Waals surface area contributed by atoms with E-state index in [1.165, 1.54) is 17.7 Å². The minimum absolute atomic E-state index is 0.340. The molecule has 3 aromatic rings. The highest BCUT2D eigenvalue weighted by Crippen LogP contribution is 2.37. The summed E-state index contributed by atoms with van der Waals surface area (Å²) in [6.45, 7) is 5.37. The van der Waals surface area contributed by atoms with Crippen LogP contribution in [0.4, 0.5) is 5.95 Å². The number of carbonyl (C=O) groups excluding carboxylic acids is 1. The summed E-state index contributed by atoms with van der Waals surface area (Å²) in [5.41, 5.74) is 3.81. The minimum atomic E-state index is -0.378. The van der Waals surface area contributed by atoms with Crippen molar-refractivity contribution in [3.63, 3.8) is 0 Å². The van der Waals surface area contributed by atoms with E-state index in [1.54, 1.807) is 24.6 Å². The highest BCUT2D eigenvalue weighted by molar-refractivity contribution is 7.21. The first kappa shape index (κ1) is 16.7. The third-order valence-corrected chi connectivity index (χ3v) is 6.53. The number of rotatable bonds is 4. The zero-order valence-corrected chi connectivity index (χ0v) is 16.3. The van der Waals surface area contributed by atoms with Crippen molar-refractivity contribution in [1.82, 2.24) is 19.4 Å². The van der Waals surface area contributed by atoms with Crippen molar-refractivity contribution in [3.05, 3.63) is 29.5 Å². The lowest BCUT2D eigenvalue weighted by atomic mass is 10.1. The predicted molar refractivity (Wildman–Crippen MR) is 104 cm³/mol. The number of aromatic nitrogens is 4. The Balaban J connectivity index is 1.61. The second kappa shape index (κ2) is 6.30. The number of fused-ring (bicyclic) bond motifs is 2. The minimum Gasteiger partial charge on any atom is -0.461 e. The fourth-order valence-corrected chi connectivity index (χ4v) is 4.89. The summed E-state index contributed by atoms with van der Waals surface area (Å²) >= 11 is 1.54. The summed E-state index contributed by atoms with van der Waals surface area (Å²) in [6, 6.07) is 0.496. The second-order valence-electron chi connectivity index (χ2n) is 7.10. The van der Waals surface area contributed by atoms with Crippen LogP contribution >= 0.6 is 11.3 Å². The van der Waals surface area contributed by atoms with Crippen molar-refractivity contribution >= 4 is 28.1 Å². The molecule has 4 heterocycles. The molecule has 5 rings (SSSR count). The summed E-state index contributed by atoms with van der Waals surface area (Å²) in [6.07, 6.45) is 8.01. The largest absolute Gasteiger partial charge is 0.461 e. The van der Waals surface area contributed by atoms with Gasteiger partial charge < -0.3 is 9.64 Å². The number of imidazole rings is 1. The van der Waals surface area contributed by atoms with Crippen LogP contribution in [0.1, 0.15) is 48.4 Å². The Hall–Kier alpha value is -2.48. The van der Waals surface area contributed by atoms with Gasteiger partial charge in [0.2, 0.25) is 5.95 Å². The van der Waals surface area contributed by atoms with Gasteiger partial charge in [0.1, 0.15) is 11.2 Å². The van der Waals surface area contributed by atoms with Crippen LogP contribution in [0.15, 0.2) is 12.5 Å². The number of ether oxygens (including phenoxy) is 1. The van der Waals surface area contributed by atoms with Crippen molar-refractivity contribution in [1.29, 1.82) is 0 Å². The van der Waals surface area contributed by atoms with Crippen LogP contribution in [-0.4, -0.2) is 44.5 Å². The molecule has 8 heteroatoms. The number of hydrogen-bond donors (Lipinski definition) is 0. The molecule has 1 saturated heterocycles. The summed E-state index contributed by atoms with van der Waals surface area (Å²) in [5, 5.41) is 0. The van der Waals surface area contributed by atoms with Gasteiger partial charge in [-0.3, -0.25) is 4.40 Å². The molecule has 0 saturated carbocycles. The molecule has 27 heavy (non-hydrogen) atoms. The van der Waals surface area contributed by atoms with Crippen LogP contribution in [0.5, 0.6) is 0 Å². The fraction of sp³-hybridized carbons (Fsp3) is 0.474. The van der Waals surface area contributed by atoms with E-state index in [-0.39, 0.29) is 5.97 Å². The van der Waals surface area contributed by atoms with Gasteiger partial charge in [0.15, 0.2) is 5.69 Å². The quantitative estimate of drug-likeness (QED) is 0.645. The smallest absolute Gasteiger partial charge is 0.360 e. The molecular formula is C19H21N5O2S. The van der Waals surface area contributed by atoms with Gasteiger partial charge in [-0.25, -0.2) is 19.7 Å². The van der Waals surface area contributed by atoms with Crippen LogP contribution in [0.25, 0.3) is 15.4 Å². The normalized spacial score (nSPS) is 18.6. The van der Waals surface area contributed by atoms with Crippen LogP contribution < -0.4 is 4.90 Å². The van der Waals surface area contributed by atoms with Crippen molar-refractivity contribution in [2.75, 3.05) is 18.1 Å². The predicted octanol–water partition coefficient (Wildman–Crippen LogP) is 3.12. The van der Waals surface area contributed by atoms with Gasteiger partial charge in [-0.15, -0.1) is 11.3 Å². The molecular weight excluding hydrogens is 362 g/mol. The maximum Gasteiger partial charge on any atom is 0.360 e. The summed E-state index contributed by atoms with van der Waals surface area (Å²) < 4.78 is 7.02. The zero-order chi connectivity index (χ0) is 18.5. The Morgan fingerprint density at radius 1 is 1.37 bits per heavy atom. The molecule has 0 bridgehead atoms. The summed E-state index contributed by atoms with van der Waals surface area (Å²) in [4.78, 5) is 30.3. The molecule has 0 spiro atoms. The van der Waals surface area contributed by atoms with Crippen LogP contribution in [0.3, 0.4) is 0 Å². The molecule has 1 aliphatic carbocycles. The fourth-order valence-electron chi connectivity index (χ4n) is 3.81. The van der Waals surface area contributed by atoms with E-state index in [1.807, 2.05) is 10.6 Å². The monoisotopic (exact) mass is 383 g/mol. The number of hydrogen-bond acceptors (Lipinski definition) is 7. The molecule has 0 N–H and O–H groups in total. The lowest BCUT2D eigenvalue weighted by Crippen LogP contribution is -2.46. The number of aryl methyl sites for hydroxylation is 1. The molecule has 0 amide bonds. The van der Waals surface area contributed by atoms with Gasteiger partial charge in [-0.2, -0.15) is 0 Å². The van der Waals surface area contributed by atoms with Gasteiger partial charge >= 0.3 is 5.97 Å². The maximum absolute atomic E-state index is 12.2. The van der Waals surface area contributed by atoms with E-state index < -0.39 is 0 Å². The second-order valence-corrected chi connectivity index (χ2v) is 8.13. The first-order valence-electron chi connectivity index (χ1n) is 9.46. The van der Waals surface area contributed by atoms with Crippen molar-refractivity contribution in [2.24, 2.45) is 0 Å². The Bertz CT molecular complexity index is 1040. The maximum atomic E-state index is 12.2. The number of thiazole rings is 1. The molecule has 0 aromatic carbocycles. The first-order chi connectivity index (χ1) is 13.2. The van der Waals surface area contributed by atoms with Crippen molar-refractivity contribution in [3.8, 4) is 10.6 Å². The van der Waals surface area contributed by atoms with Gasteiger partial charge in [0, 0.05) is 30.0 Å². The molecule has 0 unspecified atom stereocenters. The van der Waals surface area contributed by atoms with Gasteiger partial charge in [-0.1, -0.05) is 0 Å². The SMILES string of the molecule is CCOC(=O)c1ncn2cc(-c3nc(N4CC[C@@H]4C)nc4c3CCC4)sc12. The van der Waals surface area contributed by atoms with Gasteiger partial charge in [0.05, 0.1) is 17.2 Å². The molecule has 140 valence electrons. The average molecular weight is 383 g/mol. The van der Waals surface area contributed by atoms with E-state index in [2.05, 4.69) is 16.8 Å². The lowest BCUT2D eigenvalue weighted by Gasteiger charge is -2.39. The summed E-state index contributed by atoms with van der Waals surface area (Å²) in [5.74, 6) is 0.461. The molecule has 1 fully saturated rings. The Morgan fingerprint density at radius 2 is 2.26 bits per heavy atom. The van der Waals surface area contributed by atoms with E-state index in [0.29, 0.717) is 18.3 Å². The first-order valence-corrected chi connectivity index (χ1v) is 10.3. The Morgan fingerprint density at radius 3 is 3.00 bits per heavy atom. The highest BCUT2D eigenvalue weighted by Gasteiger charge is 2.30. The Kier molecular flexibility index (Phi) is 3.89. The van der Waals surface area contributed by atoms with E-state index in [0.717, 1.165) is 47.2 Å². The molecule has 0 radical (unpaired) electrons. The van der Waals surface area contributed by atoms with Crippen molar-refractivity contribution in [2.45, 2.75) is 45.6 Å². The van der Waals surface area contributed by atoms with E-state index >= 15 is 0 Å². The number of esters is 1. The molecule has 7 nitrogen and oxygen atoms in total. The number of nitrogens with zero attached hydrogens (tertiary/aromatic N) is 5. The number of anilines is 1. The third-order valence-electron chi connectivity index (χ3n) is 5.41. The van der Waals surface area contributed by atoms with Gasteiger partial charge in [-0.05, 0) is 39.5 Å². The molecule has 3 aromatic heterocycles. The topological polar surface area (TPSA) is 72.6 Å². The lowest BCUT2D eigenvalue weighted by molar-refractivity contribution is 0.0522. The van der Waals surface area contributed by atoms with Crippen LogP contribution in [0, 0.1) is 0 Å². The zero-order valence-electron chi connectivity index (χ0n) is 15.4. The number of carbonyl (C=O) groups is 1.